The molecule has 0 unspecified atom stereocenters. The van der Waals surface area contributed by atoms with Crippen LogP contribution < -0.4 is 5.73 Å². The fourth-order valence-electron chi connectivity index (χ4n) is 2.32. The molecular formula is C13H18N4O2. The number of nitrogen functional groups attached to an aromatic ring is 1. The molecule has 19 heavy (non-hydrogen) atoms. The van der Waals surface area contributed by atoms with E-state index in [1.165, 1.54) is 12.4 Å². The second kappa shape index (κ2) is 4.53. The topological polar surface area (TPSA) is 79.5 Å². The number of likely N-dealkylation sites (N-methyl/N-ethyl adjacent to an activating group) is 1. The van der Waals surface area contributed by atoms with Crippen molar-refractivity contribution in [2.24, 2.45) is 0 Å². The quantitative estimate of drug-likeness (QED) is 0.792. The molecule has 1 aromatic rings. The third-order valence-electron chi connectivity index (χ3n) is 3.53. The number of aromatic nitrogens is 1. The van der Waals surface area contributed by atoms with Crippen LogP contribution in [-0.4, -0.2) is 52.3 Å². The molecule has 102 valence electrons. The van der Waals surface area contributed by atoms with Crippen molar-refractivity contribution in [1.82, 2.24) is 14.8 Å². The summed E-state index contributed by atoms with van der Waals surface area (Å²) in [6.45, 7) is 4.52. The Bertz CT molecular complexity index is 527. The normalized spacial score (nSPS) is 18.6. The lowest BCUT2D eigenvalue weighted by Gasteiger charge is -2.44. The molecule has 1 fully saturated rings. The summed E-state index contributed by atoms with van der Waals surface area (Å²) in [6, 6.07) is 1.58. The average Bonchev–Trinajstić information content (AvgIpc) is 2.36. The fraction of sp³-hybridized carbons (Fsp3) is 0.462. The van der Waals surface area contributed by atoms with Crippen molar-refractivity contribution in [1.29, 1.82) is 0 Å². The summed E-state index contributed by atoms with van der Waals surface area (Å²) in [5, 5.41) is 0. The predicted octanol–water partition coefficient (Wildman–Crippen LogP) is 0.357. The number of anilines is 1. The minimum atomic E-state index is -0.861. The van der Waals surface area contributed by atoms with Gasteiger partial charge in [-0.25, -0.2) is 0 Å². The molecule has 1 saturated heterocycles. The first-order valence-corrected chi connectivity index (χ1v) is 6.12. The van der Waals surface area contributed by atoms with E-state index < -0.39 is 5.54 Å². The molecule has 1 aliphatic heterocycles. The first-order chi connectivity index (χ1) is 8.85. The Morgan fingerprint density at radius 2 is 2.11 bits per heavy atom. The van der Waals surface area contributed by atoms with Gasteiger partial charge in [0.05, 0.1) is 17.4 Å². The van der Waals surface area contributed by atoms with Gasteiger partial charge >= 0.3 is 0 Å². The smallest absolute Gasteiger partial charge is 0.257 e. The Hall–Kier alpha value is -2.11. The maximum Gasteiger partial charge on any atom is 0.257 e. The van der Waals surface area contributed by atoms with E-state index in [0.29, 0.717) is 24.3 Å². The lowest BCUT2D eigenvalue weighted by Crippen LogP contribution is -2.63. The molecule has 2 amide bonds. The monoisotopic (exact) mass is 262 g/mol. The van der Waals surface area contributed by atoms with Gasteiger partial charge in [0.2, 0.25) is 5.91 Å². The lowest BCUT2D eigenvalue weighted by molar-refractivity contribution is -0.144. The molecule has 6 nitrogen and oxygen atoms in total. The van der Waals surface area contributed by atoms with Gasteiger partial charge in [0.15, 0.2) is 0 Å². The predicted molar refractivity (Wildman–Crippen MR) is 71.4 cm³/mol. The van der Waals surface area contributed by atoms with Crippen molar-refractivity contribution in [3.63, 3.8) is 0 Å². The number of hydrogen-bond donors (Lipinski definition) is 1. The van der Waals surface area contributed by atoms with E-state index in [1.54, 1.807) is 36.8 Å². The van der Waals surface area contributed by atoms with E-state index in [1.807, 2.05) is 0 Å². The maximum atomic E-state index is 12.5. The van der Waals surface area contributed by atoms with E-state index in [0.717, 1.165) is 0 Å². The standard InChI is InChI=1S/C13H18N4O2/c1-13(2)12(19)16(3)6-7-17(13)11(18)9-4-5-15-8-10(9)14/h4-5,8H,6-7,14H2,1-3H3. The number of piperazine rings is 1. The fourth-order valence-corrected chi connectivity index (χ4v) is 2.32. The van der Waals surface area contributed by atoms with Crippen LogP contribution in [0.3, 0.4) is 0 Å². The molecule has 0 saturated carbocycles. The molecule has 2 N–H and O–H groups in total. The summed E-state index contributed by atoms with van der Waals surface area (Å²) >= 11 is 0. The van der Waals surface area contributed by atoms with Crippen molar-refractivity contribution in [3.05, 3.63) is 24.0 Å². The molecule has 0 aliphatic carbocycles. The summed E-state index contributed by atoms with van der Waals surface area (Å²) in [5.41, 5.74) is 5.63. The lowest BCUT2D eigenvalue weighted by atomic mass is 9.96. The first-order valence-electron chi connectivity index (χ1n) is 6.12. The van der Waals surface area contributed by atoms with Crippen molar-refractivity contribution in [2.75, 3.05) is 25.9 Å². The number of carbonyl (C=O) groups excluding carboxylic acids is 2. The molecule has 0 aromatic carbocycles. The number of nitrogens with zero attached hydrogens (tertiary/aromatic N) is 3. The van der Waals surface area contributed by atoms with E-state index in [9.17, 15) is 9.59 Å². The summed E-state index contributed by atoms with van der Waals surface area (Å²) in [5.74, 6) is -0.300. The molecule has 2 heterocycles. The molecule has 1 aromatic heterocycles. The SMILES string of the molecule is CN1CCN(C(=O)c2ccncc2N)C(C)(C)C1=O. The number of pyridine rings is 1. The maximum absolute atomic E-state index is 12.5. The molecule has 0 atom stereocenters. The van der Waals surface area contributed by atoms with Crippen LogP contribution in [0.25, 0.3) is 0 Å². The molecule has 6 heteroatoms. The van der Waals surface area contributed by atoms with Gasteiger partial charge in [-0.2, -0.15) is 0 Å². The summed E-state index contributed by atoms with van der Waals surface area (Å²) < 4.78 is 0. The number of nitrogens with two attached hydrogens (primary N) is 1. The van der Waals surface area contributed by atoms with Crippen LogP contribution in [0.15, 0.2) is 18.5 Å². The zero-order chi connectivity index (χ0) is 14.2. The summed E-state index contributed by atoms with van der Waals surface area (Å²) in [4.78, 5) is 31.8. The molecular weight excluding hydrogens is 244 g/mol. The van der Waals surface area contributed by atoms with Crippen LogP contribution in [-0.2, 0) is 4.79 Å². The highest BCUT2D eigenvalue weighted by molar-refractivity contribution is 6.02. The van der Waals surface area contributed by atoms with Gasteiger partial charge in [-0.15, -0.1) is 0 Å². The molecule has 0 radical (unpaired) electrons. The Labute approximate surface area is 112 Å². The molecule has 0 spiro atoms. The summed E-state index contributed by atoms with van der Waals surface area (Å²) in [7, 11) is 1.74. The van der Waals surface area contributed by atoms with Gasteiger partial charge in [0.1, 0.15) is 5.54 Å². The second-order valence-electron chi connectivity index (χ2n) is 5.21. The Morgan fingerprint density at radius 3 is 2.74 bits per heavy atom. The number of carbonyl (C=O) groups is 2. The van der Waals surface area contributed by atoms with E-state index in [-0.39, 0.29) is 11.8 Å². The van der Waals surface area contributed by atoms with Crippen molar-refractivity contribution in [2.45, 2.75) is 19.4 Å². The largest absolute Gasteiger partial charge is 0.397 e. The Morgan fingerprint density at radius 1 is 1.42 bits per heavy atom. The number of amides is 2. The number of hydrogen-bond acceptors (Lipinski definition) is 4. The minimum Gasteiger partial charge on any atom is -0.397 e. The highest BCUT2D eigenvalue weighted by atomic mass is 16.2. The zero-order valence-electron chi connectivity index (χ0n) is 11.4. The zero-order valence-corrected chi connectivity index (χ0v) is 11.4. The third kappa shape index (κ3) is 2.14. The highest BCUT2D eigenvalue weighted by Crippen LogP contribution is 2.25. The third-order valence-corrected chi connectivity index (χ3v) is 3.53. The van der Waals surface area contributed by atoms with Gasteiger partial charge in [0.25, 0.3) is 5.91 Å². The van der Waals surface area contributed by atoms with Gasteiger partial charge in [-0.3, -0.25) is 14.6 Å². The Kier molecular flexibility index (Phi) is 3.18. The van der Waals surface area contributed by atoms with Crippen LogP contribution >= 0.6 is 0 Å². The van der Waals surface area contributed by atoms with Gasteiger partial charge in [-0.05, 0) is 19.9 Å². The van der Waals surface area contributed by atoms with Crippen molar-refractivity contribution < 1.29 is 9.59 Å². The Balaban J connectivity index is 2.34. The van der Waals surface area contributed by atoms with E-state index in [2.05, 4.69) is 4.98 Å². The van der Waals surface area contributed by atoms with Crippen molar-refractivity contribution >= 4 is 17.5 Å². The minimum absolute atomic E-state index is 0.0697. The summed E-state index contributed by atoms with van der Waals surface area (Å²) in [6.07, 6.45) is 2.96. The highest BCUT2D eigenvalue weighted by Gasteiger charge is 2.43. The molecule has 0 bridgehead atoms. The second-order valence-corrected chi connectivity index (χ2v) is 5.21. The van der Waals surface area contributed by atoms with Crippen LogP contribution in [0.1, 0.15) is 24.2 Å². The van der Waals surface area contributed by atoms with Crippen LogP contribution in [0.2, 0.25) is 0 Å². The van der Waals surface area contributed by atoms with Gasteiger partial charge < -0.3 is 15.5 Å². The van der Waals surface area contributed by atoms with Gasteiger partial charge in [-0.1, -0.05) is 0 Å². The first kappa shape index (κ1) is 13.3. The van der Waals surface area contributed by atoms with Crippen LogP contribution in [0, 0.1) is 0 Å². The average molecular weight is 262 g/mol. The van der Waals surface area contributed by atoms with Crippen molar-refractivity contribution in [3.8, 4) is 0 Å². The van der Waals surface area contributed by atoms with Crippen LogP contribution in [0.4, 0.5) is 5.69 Å². The molecule has 1 aliphatic rings. The molecule has 2 rings (SSSR count). The van der Waals surface area contributed by atoms with E-state index in [4.69, 9.17) is 5.73 Å². The van der Waals surface area contributed by atoms with Crippen LogP contribution in [0.5, 0.6) is 0 Å². The number of rotatable bonds is 1. The van der Waals surface area contributed by atoms with Gasteiger partial charge in [0, 0.05) is 26.3 Å². The van der Waals surface area contributed by atoms with E-state index >= 15 is 0 Å².